The van der Waals surface area contributed by atoms with E-state index < -0.39 is 0 Å². The Bertz CT molecular complexity index is 325. The molecule has 0 saturated carbocycles. The standard InChI is InChI=1S/C13H18ClNS/c1-2-8-15-11-12-5-3-6-13(10-12)16-9-4-7-14/h3-7,10,15H,2,8-9,11H2,1H3. The van der Waals surface area contributed by atoms with Gasteiger partial charge in [0.25, 0.3) is 0 Å². The molecule has 1 rings (SSSR count). The first-order valence-electron chi connectivity index (χ1n) is 5.54. The van der Waals surface area contributed by atoms with Crippen molar-refractivity contribution in [2.75, 3.05) is 12.3 Å². The Hall–Kier alpha value is -0.440. The number of rotatable bonds is 7. The zero-order valence-corrected chi connectivity index (χ0v) is 11.2. The fourth-order valence-electron chi connectivity index (χ4n) is 1.34. The molecule has 0 saturated heterocycles. The average molecular weight is 256 g/mol. The van der Waals surface area contributed by atoms with Gasteiger partial charge in [-0.05, 0) is 30.7 Å². The highest BCUT2D eigenvalue weighted by Crippen LogP contribution is 2.19. The average Bonchev–Trinajstić information content (AvgIpc) is 2.30. The summed E-state index contributed by atoms with van der Waals surface area (Å²) in [6.07, 6.45) is 3.13. The van der Waals surface area contributed by atoms with Gasteiger partial charge in [0.1, 0.15) is 0 Å². The smallest absolute Gasteiger partial charge is 0.0205 e. The predicted molar refractivity (Wildman–Crippen MR) is 74.2 cm³/mol. The van der Waals surface area contributed by atoms with Gasteiger partial charge in [-0.2, -0.15) is 0 Å². The molecule has 0 atom stereocenters. The lowest BCUT2D eigenvalue weighted by Gasteiger charge is -2.05. The molecule has 0 aliphatic heterocycles. The van der Waals surface area contributed by atoms with E-state index in [1.807, 2.05) is 6.08 Å². The fourth-order valence-corrected chi connectivity index (χ4v) is 2.32. The Morgan fingerprint density at radius 1 is 1.44 bits per heavy atom. The van der Waals surface area contributed by atoms with Crippen LogP contribution in [-0.4, -0.2) is 12.3 Å². The minimum Gasteiger partial charge on any atom is -0.313 e. The summed E-state index contributed by atoms with van der Waals surface area (Å²) in [5.74, 6) is 0.926. The summed E-state index contributed by atoms with van der Waals surface area (Å²) < 4.78 is 0. The molecule has 88 valence electrons. The van der Waals surface area contributed by atoms with Crippen molar-refractivity contribution in [3.05, 3.63) is 41.4 Å². The molecule has 1 nitrogen and oxygen atoms in total. The molecule has 0 aliphatic rings. The van der Waals surface area contributed by atoms with Crippen LogP contribution in [0.4, 0.5) is 0 Å². The second kappa shape index (κ2) is 8.68. The maximum atomic E-state index is 5.48. The Morgan fingerprint density at radius 2 is 2.31 bits per heavy atom. The molecule has 1 aromatic rings. The van der Waals surface area contributed by atoms with Crippen LogP contribution in [0.3, 0.4) is 0 Å². The largest absolute Gasteiger partial charge is 0.313 e. The molecule has 0 amide bonds. The van der Waals surface area contributed by atoms with E-state index in [1.54, 1.807) is 17.3 Å². The van der Waals surface area contributed by atoms with Gasteiger partial charge < -0.3 is 5.32 Å². The van der Waals surface area contributed by atoms with Crippen molar-refractivity contribution in [2.45, 2.75) is 24.8 Å². The second-order valence-corrected chi connectivity index (χ2v) is 4.84. The van der Waals surface area contributed by atoms with E-state index in [0.717, 1.165) is 18.8 Å². The normalized spacial score (nSPS) is 11.1. The molecule has 0 bridgehead atoms. The van der Waals surface area contributed by atoms with Crippen molar-refractivity contribution < 1.29 is 0 Å². The third-order valence-corrected chi connectivity index (χ3v) is 3.21. The summed E-state index contributed by atoms with van der Waals surface area (Å²) in [6.45, 7) is 4.21. The molecule has 0 spiro atoms. The van der Waals surface area contributed by atoms with Crippen molar-refractivity contribution in [1.82, 2.24) is 5.32 Å². The lowest BCUT2D eigenvalue weighted by Crippen LogP contribution is -2.13. The van der Waals surface area contributed by atoms with E-state index in [0.29, 0.717) is 0 Å². The third kappa shape index (κ3) is 5.59. The van der Waals surface area contributed by atoms with Crippen LogP contribution in [-0.2, 0) is 6.54 Å². The Labute approximate surface area is 107 Å². The first-order chi connectivity index (χ1) is 7.86. The quantitative estimate of drug-likeness (QED) is 0.583. The molecular formula is C13H18ClNS. The monoisotopic (exact) mass is 255 g/mol. The molecule has 0 heterocycles. The van der Waals surface area contributed by atoms with Gasteiger partial charge in [0, 0.05) is 22.7 Å². The van der Waals surface area contributed by atoms with Crippen molar-refractivity contribution >= 4 is 23.4 Å². The SMILES string of the molecule is CCCNCc1cccc(SCC=CCl)c1. The molecular weight excluding hydrogens is 238 g/mol. The van der Waals surface area contributed by atoms with Gasteiger partial charge in [0.2, 0.25) is 0 Å². The topological polar surface area (TPSA) is 12.0 Å². The summed E-state index contributed by atoms with van der Waals surface area (Å²) >= 11 is 7.28. The van der Waals surface area contributed by atoms with Crippen LogP contribution in [0.1, 0.15) is 18.9 Å². The maximum absolute atomic E-state index is 5.48. The molecule has 1 N–H and O–H groups in total. The lowest BCUT2D eigenvalue weighted by molar-refractivity contribution is 0.674. The molecule has 0 fully saturated rings. The summed E-state index contributed by atoms with van der Waals surface area (Å²) in [7, 11) is 0. The third-order valence-electron chi connectivity index (χ3n) is 2.09. The summed E-state index contributed by atoms with van der Waals surface area (Å²) in [5.41, 5.74) is 2.91. The van der Waals surface area contributed by atoms with E-state index in [-0.39, 0.29) is 0 Å². The fraction of sp³-hybridized carbons (Fsp3) is 0.385. The highest BCUT2D eigenvalue weighted by molar-refractivity contribution is 7.99. The highest BCUT2D eigenvalue weighted by Gasteiger charge is 1.95. The number of hydrogen-bond acceptors (Lipinski definition) is 2. The van der Waals surface area contributed by atoms with E-state index in [1.165, 1.54) is 16.9 Å². The first kappa shape index (κ1) is 13.6. The van der Waals surface area contributed by atoms with E-state index in [2.05, 4.69) is 36.5 Å². The van der Waals surface area contributed by atoms with Crippen LogP contribution in [0.25, 0.3) is 0 Å². The van der Waals surface area contributed by atoms with Crippen LogP contribution in [0, 0.1) is 0 Å². The zero-order valence-electron chi connectivity index (χ0n) is 9.58. The number of halogens is 1. The molecule has 0 radical (unpaired) electrons. The van der Waals surface area contributed by atoms with Crippen LogP contribution in [0.2, 0.25) is 0 Å². The Kier molecular flexibility index (Phi) is 7.39. The van der Waals surface area contributed by atoms with Gasteiger partial charge in [-0.3, -0.25) is 0 Å². The van der Waals surface area contributed by atoms with Crippen molar-refractivity contribution in [1.29, 1.82) is 0 Å². The number of benzene rings is 1. The van der Waals surface area contributed by atoms with E-state index >= 15 is 0 Å². The molecule has 0 aliphatic carbocycles. The minimum atomic E-state index is 0.926. The van der Waals surface area contributed by atoms with Crippen molar-refractivity contribution in [3.8, 4) is 0 Å². The van der Waals surface area contributed by atoms with E-state index in [4.69, 9.17) is 11.6 Å². The van der Waals surface area contributed by atoms with Crippen LogP contribution < -0.4 is 5.32 Å². The molecule has 0 aromatic heterocycles. The Morgan fingerprint density at radius 3 is 3.06 bits per heavy atom. The molecule has 3 heteroatoms. The van der Waals surface area contributed by atoms with Gasteiger partial charge in [0.05, 0.1) is 0 Å². The summed E-state index contributed by atoms with van der Waals surface area (Å²) in [4.78, 5) is 1.30. The highest BCUT2D eigenvalue weighted by atomic mass is 35.5. The zero-order chi connectivity index (χ0) is 11.6. The van der Waals surface area contributed by atoms with Gasteiger partial charge >= 0.3 is 0 Å². The van der Waals surface area contributed by atoms with Gasteiger partial charge in [-0.1, -0.05) is 36.7 Å². The molecule has 1 aromatic carbocycles. The van der Waals surface area contributed by atoms with Gasteiger partial charge in [0.15, 0.2) is 0 Å². The van der Waals surface area contributed by atoms with Crippen LogP contribution in [0.5, 0.6) is 0 Å². The number of nitrogens with one attached hydrogen (secondary N) is 1. The minimum absolute atomic E-state index is 0.926. The predicted octanol–water partition coefficient (Wildman–Crippen LogP) is 4.03. The van der Waals surface area contributed by atoms with Gasteiger partial charge in [-0.15, -0.1) is 11.8 Å². The molecule has 16 heavy (non-hydrogen) atoms. The maximum Gasteiger partial charge on any atom is 0.0205 e. The van der Waals surface area contributed by atoms with Crippen LogP contribution in [0.15, 0.2) is 40.8 Å². The van der Waals surface area contributed by atoms with Crippen LogP contribution >= 0.6 is 23.4 Å². The Balaban J connectivity index is 2.43. The summed E-state index contributed by atoms with van der Waals surface area (Å²) in [5, 5.41) is 3.40. The first-order valence-corrected chi connectivity index (χ1v) is 6.96. The van der Waals surface area contributed by atoms with Crippen molar-refractivity contribution in [2.24, 2.45) is 0 Å². The number of hydrogen-bond donors (Lipinski definition) is 1. The summed E-state index contributed by atoms with van der Waals surface area (Å²) in [6, 6.07) is 8.63. The second-order valence-electron chi connectivity index (χ2n) is 3.50. The number of thioether (sulfide) groups is 1. The lowest BCUT2D eigenvalue weighted by atomic mass is 10.2. The van der Waals surface area contributed by atoms with E-state index in [9.17, 15) is 0 Å². The van der Waals surface area contributed by atoms with Gasteiger partial charge in [-0.25, -0.2) is 0 Å². The molecule has 0 unspecified atom stereocenters. The van der Waals surface area contributed by atoms with Crippen molar-refractivity contribution in [3.63, 3.8) is 0 Å².